The molecular weight excluding hydrogens is 360 g/mol. The van der Waals surface area contributed by atoms with Crippen LogP contribution >= 0.6 is 0 Å². The number of aromatic hydroxyl groups is 2. The summed E-state index contributed by atoms with van der Waals surface area (Å²) >= 11 is 0. The van der Waals surface area contributed by atoms with Crippen molar-refractivity contribution in [1.29, 1.82) is 0 Å². The van der Waals surface area contributed by atoms with E-state index in [9.17, 15) is 15.3 Å². The summed E-state index contributed by atoms with van der Waals surface area (Å²) in [6.07, 6.45) is 1.35. The molecule has 0 aliphatic rings. The zero-order valence-corrected chi connectivity index (χ0v) is 19.6. The van der Waals surface area contributed by atoms with Crippen molar-refractivity contribution in [2.24, 2.45) is 0 Å². The van der Waals surface area contributed by atoms with Gasteiger partial charge in [0.2, 0.25) is 0 Å². The fraction of sp³-hybridized carbons (Fsp3) is 0.538. The largest absolute Gasteiger partial charge is 0.508 e. The lowest BCUT2D eigenvalue weighted by Crippen LogP contribution is -2.30. The molecule has 0 spiro atoms. The summed E-state index contributed by atoms with van der Waals surface area (Å²) in [5.41, 5.74) is 3.28. The second-order valence-electron chi connectivity index (χ2n) is 10.5. The molecule has 0 amide bonds. The lowest BCUT2D eigenvalue weighted by molar-refractivity contribution is 0.0685. The van der Waals surface area contributed by atoms with Crippen LogP contribution < -0.4 is 0 Å². The molecule has 0 bridgehead atoms. The first kappa shape index (κ1) is 23.3. The van der Waals surface area contributed by atoms with E-state index in [1.165, 1.54) is 0 Å². The van der Waals surface area contributed by atoms with E-state index in [0.717, 1.165) is 39.8 Å². The quantitative estimate of drug-likeness (QED) is 0.563. The van der Waals surface area contributed by atoms with Crippen molar-refractivity contribution >= 4 is 0 Å². The Balaban J connectivity index is 2.87. The fourth-order valence-electron chi connectivity index (χ4n) is 4.25. The lowest BCUT2D eigenvalue weighted by Gasteiger charge is -2.35. The van der Waals surface area contributed by atoms with Crippen molar-refractivity contribution in [2.45, 2.75) is 91.6 Å². The molecule has 2 aromatic carbocycles. The normalized spacial score (nSPS) is 13.0. The average molecular weight is 399 g/mol. The van der Waals surface area contributed by atoms with Crippen molar-refractivity contribution in [3.8, 4) is 11.5 Å². The Labute approximate surface area is 176 Å². The first-order valence-corrected chi connectivity index (χ1v) is 10.5. The van der Waals surface area contributed by atoms with Gasteiger partial charge in [-0.25, -0.2) is 0 Å². The zero-order valence-electron chi connectivity index (χ0n) is 19.6. The highest BCUT2D eigenvalue weighted by Gasteiger charge is 2.36. The van der Waals surface area contributed by atoms with Crippen LogP contribution in [0.15, 0.2) is 24.3 Å². The van der Waals surface area contributed by atoms with Crippen molar-refractivity contribution in [2.75, 3.05) is 0 Å². The molecule has 0 aromatic heterocycles. The maximum Gasteiger partial charge on any atom is 0.119 e. The average Bonchev–Trinajstić information content (AvgIpc) is 2.52. The molecule has 3 heteroatoms. The molecule has 2 aromatic rings. The molecular formula is C26H38O3. The molecule has 0 saturated carbocycles. The fourth-order valence-corrected chi connectivity index (χ4v) is 4.25. The van der Waals surface area contributed by atoms with E-state index < -0.39 is 5.60 Å². The van der Waals surface area contributed by atoms with Gasteiger partial charge >= 0.3 is 0 Å². The minimum absolute atomic E-state index is 0.250. The molecule has 0 aliphatic carbocycles. The molecule has 0 aliphatic heterocycles. The minimum Gasteiger partial charge on any atom is -0.508 e. The summed E-state index contributed by atoms with van der Waals surface area (Å²) in [6, 6.07) is 7.45. The van der Waals surface area contributed by atoms with Crippen LogP contribution in [0.2, 0.25) is 0 Å². The van der Waals surface area contributed by atoms with Crippen LogP contribution in [0.5, 0.6) is 11.5 Å². The SMILES string of the molecule is CCCC(O)(c1cc(C(C)(C)C)c(O)cc1C)c1cc(C(C)(C)C)c(O)cc1C. The molecule has 2 rings (SSSR count). The first-order chi connectivity index (χ1) is 13.1. The second kappa shape index (κ2) is 7.68. The van der Waals surface area contributed by atoms with Crippen molar-refractivity contribution in [3.05, 3.63) is 57.6 Å². The van der Waals surface area contributed by atoms with Gasteiger partial charge in [0.15, 0.2) is 0 Å². The highest BCUT2D eigenvalue weighted by atomic mass is 16.3. The Morgan fingerprint density at radius 3 is 1.28 bits per heavy atom. The van der Waals surface area contributed by atoms with Gasteiger partial charge in [0.1, 0.15) is 17.1 Å². The number of aliphatic hydroxyl groups is 1. The van der Waals surface area contributed by atoms with Crippen molar-refractivity contribution in [1.82, 2.24) is 0 Å². The standard InChI is InChI=1S/C26H38O3/c1-10-11-26(29,18-14-20(24(4,5)6)22(27)12-16(18)2)19-15-21(25(7,8)9)23(28)13-17(19)3/h12-15,27-29H,10-11H2,1-9H3. The van der Waals surface area contributed by atoms with Gasteiger partial charge in [-0.05, 0) is 88.7 Å². The van der Waals surface area contributed by atoms with Crippen LogP contribution in [-0.4, -0.2) is 15.3 Å². The Hall–Kier alpha value is -2.00. The number of phenolic OH excluding ortho intramolecular Hbond substituents is 2. The van der Waals surface area contributed by atoms with E-state index in [0.29, 0.717) is 6.42 Å². The van der Waals surface area contributed by atoms with Gasteiger partial charge in [-0.2, -0.15) is 0 Å². The van der Waals surface area contributed by atoms with Crippen LogP contribution in [0, 0.1) is 13.8 Å². The summed E-state index contributed by atoms with van der Waals surface area (Å²) in [5, 5.41) is 33.2. The minimum atomic E-state index is -1.20. The lowest BCUT2D eigenvalue weighted by atomic mass is 9.74. The Morgan fingerprint density at radius 2 is 1.00 bits per heavy atom. The summed E-state index contributed by atoms with van der Waals surface area (Å²) in [5.74, 6) is 0.519. The van der Waals surface area contributed by atoms with E-state index in [2.05, 4.69) is 48.5 Å². The molecule has 0 atom stereocenters. The van der Waals surface area contributed by atoms with Crippen LogP contribution in [0.3, 0.4) is 0 Å². The summed E-state index contributed by atoms with van der Waals surface area (Å²) < 4.78 is 0. The van der Waals surface area contributed by atoms with Gasteiger partial charge in [-0.15, -0.1) is 0 Å². The van der Waals surface area contributed by atoms with Crippen molar-refractivity contribution in [3.63, 3.8) is 0 Å². The topological polar surface area (TPSA) is 60.7 Å². The number of phenols is 2. The van der Waals surface area contributed by atoms with Crippen molar-refractivity contribution < 1.29 is 15.3 Å². The summed E-state index contributed by atoms with van der Waals surface area (Å²) in [6.45, 7) is 18.3. The van der Waals surface area contributed by atoms with Gasteiger partial charge in [-0.3, -0.25) is 0 Å². The first-order valence-electron chi connectivity index (χ1n) is 10.5. The molecule has 3 N–H and O–H groups in total. The molecule has 160 valence electrons. The monoisotopic (exact) mass is 398 g/mol. The van der Waals surface area contributed by atoms with E-state index in [-0.39, 0.29) is 22.3 Å². The van der Waals surface area contributed by atoms with E-state index in [1.54, 1.807) is 12.1 Å². The maximum absolute atomic E-state index is 12.1. The summed E-state index contributed by atoms with van der Waals surface area (Å²) in [4.78, 5) is 0. The van der Waals surface area contributed by atoms with Gasteiger partial charge in [0.25, 0.3) is 0 Å². The van der Waals surface area contributed by atoms with Gasteiger partial charge in [0.05, 0.1) is 0 Å². The van der Waals surface area contributed by atoms with Gasteiger partial charge < -0.3 is 15.3 Å². The van der Waals surface area contributed by atoms with E-state index in [4.69, 9.17) is 0 Å². The van der Waals surface area contributed by atoms with E-state index >= 15 is 0 Å². The molecule has 0 heterocycles. The number of aryl methyl sites for hydroxylation is 2. The Kier molecular flexibility index (Phi) is 6.17. The highest BCUT2D eigenvalue weighted by Crippen LogP contribution is 2.44. The predicted octanol–water partition coefficient (Wildman–Crippen LogP) is 6.35. The molecule has 0 saturated heterocycles. The van der Waals surface area contributed by atoms with Crippen LogP contribution in [0.1, 0.15) is 94.7 Å². The molecule has 0 radical (unpaired) electrons. The van der Waals surface area contributed by atoms with Gasteiger partial charge in [0, 0.05) is 0 Å². The smallest absolute Gasteiger partial charge is 0.119 e. The zero-order chi connectivity index (χ0) is 22.4. The number of hydrogen-bond donors (Lipinski definition) is 3. The molecule has 0 fully saturated rings. The third-order valence-corrected chi connectivity index (χ3v) is 5.80. The predicted molar refractivity (Wildman–Crippen MR) is 121 cm³/mol. The number of rotatable bonds is 4. The maximum atomic E-state index is 12.1. The molecule has 29 heavy (non-hydrogen) atoms. The van der Waals surface area contributed by atoms with Crippen LogP contribution in [0.25, 0.3) is 0 Å². The molecule has 0 unspecified atom stereocenters. The molecule has 3 nitrogen and oxygen atoms in total. The Bertz CT molecular complexity index is 826. The van der Waals surface area contributed by atoms with Crippen LogP contribution in [-0.2, 0) is 16.4 Å². The summed E-state index contributed by atoms with van der Waals surface area (Å²) in [7, 11) is 0. The number of hydrogen-bond acceptors (Lipinski definition) is 3. The third-order valence-electron chi connectivity index (χ3n) is 5.80. The third kappa shape index (κ3) is 4.45. The number of benzene rings is 2. The highest BCUT2D eigenvalue weighted by molar-refractivity contribution is 5.54. The van der Waals surface area contributed by atoms with E-state index in [1.807, 2.05) is 26.0 Å². The Morgan fingerprint density at radius 1 is 0.655 bits per heavy atom. The second-order valence-corrected chi connectivity index (χ2v) is 10.5. The van der Waals surface area contributed by atoms with Gasteiger partial charge in [-0.1, -0.05) is 54.9 Å². The van der Waals surface area contributed by atoms with Crippen LogP contribution in [0.4, 0.5) is 0 Å².